The Morgan fingerprint density at radius 1 is 0.850 bits per heavy atom. The Hall–Kier alpha value is -1.87. The van der Waals surface area contributed by atoms with E-state index in [0.29, 0.717) is 5.17 Å². The van der Waals surface area contributed by atoms with Crippen molar-refractivity contribution in [1.29, 1.82) is 0 Å². The molecule has 1 saturated heterocycles. The van der Waals surface area contributed by atoms with Gasteiger partial charge in [-0.05, 0) is 26.1 Å². The van der Waals surface area contributed by atoms with E-state index in [4.69, 9.17) is 17.0 Å². The molecule has 0 spiro atoms. The van der Waals surface area contributed by atoms with Gasteiger partial charge in [0, 0.05) is 11.1 Å². The summed E-state index contributed by atoms with van der Waals surface area (Å²) >= 11 is 5.28. The molecule has 0 amide bonds. The Balaban J connectivity index is 2.27. The van der Waals surface area contributed by atoms with Crippen LogP contribution in [-0.4, -0.2) is 10.7 Å². The van der Waals surface area contributed by atoms with Gasteiger partial charge >= 0.3 is 0 Å². The van der Waals surface area contributed by atoms with Crippen LogP contribution in [0.1, 0.15) is 25.0 Å². The predicted molar refractivity (Wildman–Crippen MR) is 84.6 cm³/mol. The molecule has 3 rings (SSSR count). The molecular weight excluding hydrogens is 266 g/mol. The second kappa shape index (κ2) is 4.60. The normalized spacial score (nSPS) is 19.2. The van der Waals surface area contributed by atoms with E-state index < -0.39 is 5.60 Å². The Morgan fingerprint density at radius 3 is 1.65 bits per heavy atom. The van der Waals surface area contributed by atoms with E-state index in [9.17, 15) is 0 Å². The smallest absolute Gasteiger partial charge is 0.258 e. The Morgan fingerprint density at radius 2 is 1.30 bits per heavy atom. The van der Waals surface area contributed by atoms with E-state index in [2.05, 4.69) is 43.4 Å². The van der Waals surface area contributed by atoms with E-state index >= 15 is 0 Å². The number of ether oxygens (including phenoxy) is 1. The van der Waals surface area contributed by atoms with Gasteiger partial charge in [-0.1, -0.05) is 60.7 Å². The van der Waals surface area contributed by atoms with Crippen LogP contribution in [-0.2, 0) is 10.3 Å². The molecule has 1 heterocycles. The lowest BCUT2D eigenvalue weighted by molar-refractivity contribution is 0.0699. The third-order valence-electron chi connectivity index (χ3n) is 3.90. The fourth-order valence-corrected chi connectivity index (χ4v) is 3.37. The fraction of sp³-hybridized carbons (Fsp3) is 0.235. The van der Waals surface area contributed by atoms with Gasteiger partial charge < -0.3 is 10.1 Å². The van der Waals surface area contributed by atoms with Crippen molar-refractivity contribution in [3.8, 4) is 0 Å². The van der Waals surface area contributed by atoms with E-state index in [-0.39, 0.29) is 5.54 Å². The summed E-state index contributed by atoms with van der Waals surface area (Å²) in [6.45, 7) is 4.23. The van der Waals surface area contributed by atoms with E-state index in [1.54, 1.807) is 0 Å². The van der Waals surface area contributed by atoms with Crippen LogP contribution in [0.15, 0.2) is 60.7 Å². The quantitative estimate of drug-likeness (QED) is 0.851. The van der Waals surface area contributed by atoms with Gasteiger partial charge in [-0.2, -0.15) is 0 Å². The van der Waals surface area contributed by atoms with Crippen molar-refractivity contribution in [3.05, 3.63) is 71.8 Å². The van der Waals surface area contributed by atoms with Crippen molar-refractivity contribution in [1.82, 2.24) is 5.32 Å². The summed E-state index contributed by atoms with van der Waals surface area (Å²) in [6, 6.07) is 20.5. The van der Waals surface area contributed by atoms with E-state index in [1.807, 2.05) is 36.4 Å². The maximum absolute atomic E-state index is 6.16. The minimum Gasteiger partial charge on any atom is -0.452 e. The third-order valence-corrected chi connectivity index (χ3v) is 4.09. The van der Waals surface area contributed by atoms with Crippen molar-refractivity contribution >= 4 is 17.4 Å². The lowest BCUT2D eigenvalue weighted by atomic mass is 9.73. The number of nitrogens with one attached hydrogen (secondary N) is 1. The number of benzene rings is 2. The van der Waals surface area contributed by atoms with Gasteiger partial charge in [-0.15, -0.1) is 0 Å². The Labute approximate surface area is 124 Å². The van der Waals surface area contributed by atoms with Crippen molar-refractivity contribution in [2.45, 2.75) is 25.0 Å². The first-order valence-corrected chi connectivity index (χ1v) is 7.09. The average molecular weight is 283 g/mol. The zero-order valence-corrected chi connectivity index (χ0v) is 12.4. The van der Waals surface area contributed by atoms with E-state index in [0.717, 1.165) is 11.1 Å². The van der Waals surface area contributed by atoms with Gasteiger partial charge in [0.25, 0.3) is 5.17 Å². The van der Waals surface area contributed by atoms with Crippen molar-refractivity contribution in [2.75, 3.05) is 0 Å². The van der Waals surface area contributed by atoms with E-state index in [1.165, 1.54) is 0 Å². The summed E-state index contributed by atoms with van der Waals surface area (Å²) in [5.41, 5.74) is 1.27. The highest BCUT2D eigenvalue weighted by molar-refractivity contribution is 7.80. The molecule has 0 atom stereocenters. The summed E-state index contributed by atoms with van der Waals surface area (Å²) in [6.07, 6.45) is 0. The molecule has 20 heavy (non-hydrogen) atoms. The summed E-state index contributed by atoms with van der Waals surface area (Å²) in [5.74, 6) is 0. The van der Waals surface area contributed by atoms with Gasteiger partial charge in [0.05, 0.1) is 5.54 Å². The molecule has 0 radical (unpaired) electrons. The summed E-state index contributed by atoms with van der Waals surface area (Å²) in [5, 5.41) is 3.74. The molecule has 2 aromatic carbocycles. The minimum atomic E-state index is -0.605. The van der Waals surface area contributed by atoms with Crippen LogP contribution >= 0.6 is 12.2 Å². The molecule has 1 fully saturated rings. The molecule has 0 aromatic heterocycles. The van der Waals surface area contributed by atoms with Crippen molar-refractivity contribution in [3.63, 3.8) is 0 Å². The van der Waals surface area contributed by atoms with Crippen molar-refractivity contribution < 1.29 is 4.74 Å². The lowest BCUT2D eigenvalue weighted by Crippen LogP contribution is -2.51. The number of hydrogen-bond donors (Lipinski definition) is 1. The summed E-state index contributed by atoms with van der Waals surface area (Å²) in [7, 11) is 0. The highest BCUT2D eigenvalue weighted by Gasteiger charge is 2.55. The minimum absolute atomic E-state index is 0.327. The molecule has 0 saturated carbocycles. The molecule has 3 heteroatoms. The lowest BCUT2D eigenvalue weighted by Gasteiger charge is -2.39. The van der Waals surface area contributed by atoms with Crippen LogP contribution in [0.4, 0.5) is 0 Å². The second-order valence-electron chi connectivity index (χ2n) is 5.55. The second-order valence-corrected chi connectivity index (χ2v) is 5.92. The van der Waals surface area contributed by atoms with Gasteiger partial charge in [0.15, 0.2) is 5.60 Å². The maximum Gasteiger partial charge on any atom is 0.258 e. The maximum atomic E-state index is 6.16. The van der Waals surface area contributed by atoms with Crippen LogP contribution in [0, 0.1) is 0 Å². The van der Waals surface area contributed by atoms with Gasteiger partial charge in [0.1, 0.15) is 0 Å². The summed E-state index contributed by atoms with van der Waals surface area (Å²) in [4.78, 5) is 0. The monoisotopic (exact) mass is 283 g/mol. The van der Waals surface area contributed by atoms with Gasteiger partial charge in [-0.25, -0.2) is 0 Å². The number of hydrogen-bond acceptors (Lipinski definition) is 2. The average Bonchev–Trinajstić information content (AvgIpc) is 2.70. The molecule has 102 valence electrons. The van der Waals surface area contributed by atoms with Crippen LogP contribution in [0.3, 0.4) is 0 Å². The standard InChI is InChI=1S/C17H17NOS/c1-16(2)17(19-15(20)18-16,13-9-5-3-6-10-13)14-11-7-4-8-12-14/h3-12H,1-2H3,(H,18,20). The largest absolute Gasteiger partial charge is 0.452 e. The van der Waals surface area contributed by atoms with Crippen LogP contribution in [0.5, 0.6) is 0 Å². The molecule has 0 bridgehead atoms. The van der Waals surface area contributed by atoms with Crippen LogP contribution in [0.25, 0.3) is 0 Å². The van der Waals surface area contributed by atoms with Gasteiger partial charge in [-0.3, -0.25) is 0 Å². The molecular formula is C17H17NOS. The molecule has 2 aromatic rings. The highest BCUT2D eigenvalue weighted by Crippen LogP contribution is 2.46. The van der Waals surface area contributed by atoms with Crippen LogP contribution in [0.2, 0.25) is 0 Å². The van der Waals surface area contributed by atoms with Gasteiger partial charge in [0.2, 0.25) is 0 Å². The zero-order chi connectivity index (χ0) is 14.2. The topological polar surface area (TPSA) is 21.3 Å². The van der Waals surface area contributed by atoms with Crippen molar-refractivity contribution in [2.24, 2.45) is 0 Å². The Bertz CT molecular complexity index is 582. The molecule has 0 aliphatic carbocycles. The first-order chi connectivity index (χ1) is 9.56. The fourth-order valence-electron chi connectivity index (χ4n) is 2.99. The third kappa shape index (κ3) is 1.81. The summed E-state index contributed by atoms with van der Waals surface area (Å²) < 4.78 is 6.16. The molecule has 1 aliphatic heterocycles. The molecule has 1 N–H and O–H groups in total. The number of thiocarbonyl (C=S) groups is 1. The first kappa shape index (κ1) is 13.1. The SMILES string of the molecule is CC1(C)NC(=S)OC1(c1ccccc1)c1ccccc1. The molecule has 0 unspecified atom stereocenters. The highest BCUT2D eigenvalue weighted by atomic mass is 32.1. The predicted octanol–water partition coefficient (Wildman–Crippen LogP) is 3.61. The molecule has 1 aliphatic rings. The first-order valence-electron chi connectivity index (χ1n) is 6.68. The van der Waals surface area contributed by atoms with Crippen LogP contribution < -0.4 is 5.32 Å². The molecule has 2 nitrogen and oxygen atoms in total. The zero-order valence-electron chi connectivity index (χ0n) is 11.6. The Kier molecular flexibility index (Phi) is 3.02. The number of rotatable bonds is 2.